The number of likely N-dealkylation sites (N-methyl/N-ethyl adjacent to an activating group) is 1. The molecule has 0 amide bonds. The minimum atomic E-state index is -0.134. The van der Waals surface area contributed by atoms with Gasteiger partial charge in [-0.1, -0.05) is 12.8 Å². The molecular formula is C29H38N10O. The molecule has 1 N–H and O–H groups in total. The van der Waals surface area contributed by atoms with E-state index in [1.165, 1.54) is 44.7 Å². The van der Waals surface area contributed by atoms with Crippen molar-refractivity contribution in [1.29, 1.82) is 0 Å². The summed E-state index contributed by atoms with van der Waals surface area (Å²) in [5.74, 6) is 1.13. The van der Waals surface area contributed by atoms with Gasteiger partial charge < -0.3 is 15.1 Å². The van der Waals surface area contributed by atoms with Crippen molar-refractivity contribution < 1.29 is 0 Å². The minimum Gasteiger partial charge on any atom is -0.371 e. The Morgan fingerprint density at radius 2 is 1.57 bits per heavy atom. The molecule has 1 aromatic carbocycles. The highest BCUT2D eigenvalue weighted by Crippen LogP contribution is 2.31. The van der Waals surface area contributed by atoms with Crippen LogP contribution in [0, 0.1) is 6.92 Å². The predicted molar refractivity (Wildman–Crippen MR) is 157 cm³/mol. The Labute approximate surface area is 233 Å². The van der Waals surface area contributed by atoms with Crippen molar-refractivity contribution in [1.82, 2.24) is 38.9 Å². The van der Waals surface area contributed by atoms with E-state index >= 15 is 0 Å². The minimum absolute atomic E-state index is 0.124. The summed E-state index contributed by atoms with van der Waals surface area (Å²) in [6.07, 6.45) is 8.39. The lowest BCUT2D eigenvalue weighted by atomic mass is 10.0. The zero-order valence-corrected chi connectivity index (χ0v) is 23.5. The molecular weight excluding hydrogens is 504 g/mol. The van der Waals surface area contributed by atoms with Crippen molar-refractivity contribution in [2.24, 2.45) is 0 Å². The van der Waals surface area contributed by atoms with Crippen LogP contribution in [0.1, 0.15) is 50.4 Å². The van der Waals surface area contributed by atoms with Gasteiger partial charge in [-0.3, -0.25) is 18.7 Å². The maximum atomic E-state index is 13.5. The summed E-state index contributed by atoms with van der Waals surface area (Å²) in [6, 6.07) is 9.37. The molecule has 4 aromatic rings. The van der Waals surface area contributed by atoms with E-state index in [-0.39, 0.29) is 11.6 Å². The fourth-order valence-electron chi connectivity index (χ4n) is 6.82. The Balaban J connectivity index is 1.09. The first-order chi connectivity index (χ1) is 19.5. The lowest BCUT2D eigenvalue weighted by molar-refractivity contribution is 0.0982. The molecule has 0 atom stereocenters. The molecule has 210 valence electrons. The number of aryl methyl sites for hydroxylation is 1. The normalized spacial score (nSPS) is 20.2. The number of piperazine rings is 1. The van der Waals surface area contributed by atoms with Crippen molar-refractivity contribution in [2.75, 3.05) is 56.5 Å². The maximum absolute atomic E-state index is 13.5. The number of nitrogens with zero attached hydrogens (tertiary/aromatic N) is 9. The summed E-state index contributed by atoms with van der Waals surface area (Å²) >= 11 is 0. The molecule has 5 heterocycles. The molecule has 3 aromatic heterocycles. The Kier molecular flexibility index (Phi) is 6.63. The number of piperidine rings is 1. The zero-order valence-electron chi connectivity index (χ0n) is 23.5. The van der Waals surface area contributed by atoms with E-state index in [1.54, 1.807) is 10.6 Å². The van der Waals surface area contributed by atoms with Gasteiger partial charge in [-0.2, -0.15) is 4.98 Å². The number of aromatic nitrogens is 6. The highest BCUT2D eigenvalue weighted by atomic mass is 16.1. The molecule has 0 radical (unpaired) electrons. The first kappa shape index (κ1) is 25.4. The second-order valence-corrected chi connectivity index (χ2v) is 11.7. The Bertz CT molecular complexity index is 1560. The Morgan fingerprint density at radius 1 is 0.850 bits per heavy atom. The van der Waals surface area contributed by atoms with Crippen LogP contribution in [0.3, 0.4) is 0 Å². The number of fused-ring (bicyclic) bond motifs is 3. The van der Waals surface area contributed by atoms with Crippen molar-refractivity contribution in [3.63, 3.8) is 0 Å². The molecule has 0 spiro atoms. The smallest absolute Gasteiger partial charge is 0.298 e. The summed E-state index contributed by atoms with van der Waals surface area (Å²) in [4.78, 5) is 30.6. The van der Waals surface area contributed by atoms with Crippen molar-refractivity contribution >= 4 is 34.1 Å². The van der Waals surface area contributed by atoms with Gasteiger partial charge in [-0.25, -0.2) is 4.98 Å². The monoisotopic (exact) mass is 542 g/mol. The molecule has 0 unspecified atom stereocenters. The van der Waals surface area contributed by atoms with Gasteiger partial charge in [0, 0.05) is 62.7 Å². The average Bonchev–Trinajstić information content (AvgIpc) is 3.65. The van der Waals surface area contributed by atoms with Gasteiger partial charge in [-0.15, -0.1) is 10.2 Å². The third kappa shape index (κ3) is 4.60. The highest BCUT2D eigenvalue weighted by Gasteiger charge is 2.27. The van der Waals surface area contributed by atoms with E-state index in [0.29, 0.717) is 29.1 Å². The average molecular weight is 543 g/mol. The quantitative estimate of drug-likeness (QED) is 0.407. The van der Waals surface area contributed by atoms with Crippen molar-refractivity contribution in [2.45, 2.75) is 57.5 Å². The van der Waals surface area contributed by atoms with E-state index < -0.39 is 0 Å². The van der Waals surface area contributed by atoms with Crippen LogP contribution < -0.4 is 15.8 Å². The SMILES string of the molecule is Cc1nnc2c(=O)n(C3CCCC3)c3nc(Nc4ccc(N5CCC(N6CCN(C)CC6)CC5)cc4)ncc3n12. The maximum Gasteiger partial charge on any atom is 0.298 e. The van der Waals surface area contributed by atoms with Gasteiger partial charge in [0.05, 0.1) is 6.20 Å². The fraction of sp³-hybridized carbons (Fsp3) is 0.552. The standard InChI is InChI=1S/C29H38N10O/c1-20-33-34-27-28(40)39(24-5-3-4-6-24)26-25(38(20)27)19-30-29(32-26)31-21-7-9-22(10-8-21)36-13-11-23(12-14-36)37-17-15-35(2)16-18-37/h7-10,19,23-24H,3-6,11-18H2,1-2H3,(H,30,31,32). The molecule has 2 aliphatic heterocycles. The van der Waals surface area contributed by atoms with Gasteiger partial charge >= 0.3 is 0 Å². The molecule has 0 bridgehead atoms. The first-order valence-electron chi connectivity index (χ1n) is 14.7. The summed E-state index contributed by atoms with van der Waals surface area (Å²) in [7, 11) is 2.22. The fourth-order valence-corrected chi connectivity index (χ4v) is 6.82. The van der Waals surface area contributed by atoms with Gasteiger partial charge in [0.1, 0.15) is 11.3 Å². The highest BCUT2D eigenvalue weighted by molar-refractivity contribution is 5.75. The molecule has 1 saturated carbocycles. The number of rotatable bonds is 5. The molecule has 3 aliphatic rings. The molecule has 11 heteroatoms. The lowest BCUT2D eigenvalue weighted by Crippen LogP contribution is -2.52. The number of benzene rings is 1. The van der Waals surface area contributed by atoms with Gasteiger partial charge in [0.25, 0.3) is 5.56 Å². The molecule has 1 aliphatic carbocycles. The van der Waals surface area contributed by atoms with Gasteiger partial charge in [-0.05, 0) is 63.9 Å². The van der Waals surface area contributed by atoms with E-state index in [4.69, 9.17) is 4.98 Å². The zero-order chi connectivity index (χ0) is 27.2. The van der Waals surface area contributed by atoms with Crippen LogP contribution in [0.25, 0.3) is 16.8 Å². The largest absolute Gasteiger partial charge is 0.371 e. The summed E-state index contributed by atoms with van der Waals surface area (Å²) in [5, 5.41) is 11.7. The van der Waals surface area contributed by atoms with Crippen LogP contribution in [-0.4, -0.2) is 91.3 Å². The first-order valence-corrected chi connectivity index (χ1v) is 14.7. The lowest BCUT2D eigenvalue weighted by Gasteiger charge is -2.42. The second kappa shape index (κ2) is 10.4. The van der Waals surface area contributed by atoms with E-state index in [1.807, 2.05) is 11.5 Å². The van der Waals surface area contributed by atoms with Crippen molar-refractivity contribution in [3.05, 3.63) is 46.6 Å². The summed E-state index contributed by atoms with van der Waals surface area (Å²) < 4.78 is 3.60. The van der Waals surface area contributed by atoms with E-state index in [2.05, 4.69) is 66.5 Å². The molecule has 11 nitrogen and oxygen atoms in total. The molecule has 2 saturated heterocycles. The molecule has 40 heavy (non-hydrogen) atoms. The number of nitrogens with one attached hydrogen (secondary N) is 1. The van der Waals surface area contributed by atoms with Crippen molar-refractivity contribution in [3.8, 4) is 0 Å². The number of anilines is 3. The third-order valence-corrected chi connectivity index (χ3v) is 9.15. The van der Waals surface area contributed by atoms with Crippen LogP contribution in [0.15, 0.2) is 35.3 Å². The van der Waals surface area contributed by atoms with Gasteiger partial charge in [0.15, 0.2) is 5.65 Å². The van der Waals surface area contributed by atoms with Gasteiger partial charge in [0.2, 0.25) is 11.6 Å². The summed E-state index contributed by atoms with van der Waals surface area (Å²) in [5.41, 5.74) is 3.76. The number of hydrogen-bond donors (Lipinski definition) is 1. The van der Waals surface area contributed by atoms with Crippen LogP contribution in [0.5, 0.6) is 0 Å². The molecule has 3 fully saturated rings. The van der Waals surface area contributed by atoms with Crippen LogP contribution >= 0.6 is 0 Å². The van der Waals surface area contributed by atoms with Crippen LogP contribution in [0.4, 0.5) is 17.3 Å². The number of hydrogen-bond acceptors (Lipinski definition) is 9. The second-order valence-electron chi connectivity index (χ2n) is 11.7. The van der Waals surface area contributed by atoms with E-state index in [0.717, 1.165) is 50.0 Å². The Hall–Kier alpha value is -3.57. The van der Waals surface area contributed by atoms with E-state index in [9.17, 15) is 4.79 Å². The topological polar surface area (TPSA) is 99.7 Å². The van der Waals surface area contributed by atoms with Crippen LogP contribution in [0.2, 0.25) is 0 Å². The van der Waals surface area contributed by atoms with Crippen LogP contribution in [-0.2, 0) is 0 Å². The third-order valence-electron chi connectivity index (χ3n) is 9.15. The Morgan fingerprint density at radius 3 is 2.30 bits per heavy atom. The summed E-state index contributed by atoms with van der Waals surface area (Å²) in [6.45, 7) is 8.78. The predicted octanol–water partition coefficient (Wildman–Crippen LogP) is 3.22. The molecule has 7 rings (SSSR count).